The molecule has 0 unspecified atom stereocenters. The summed E-state index contributed by atoms with van der Waals surface area (Å²) in [6.07, 6.45) is 0.734. The van der Waals surface area contributed by atoms with Gasteiger partial charge in [0.05, 0.1) is 23.6 Å². The highest BCUT2D eigenvalue weighted by molar-refractivity contribution is 5.97. The van der Waals surface area contributed by atoms with E-state index in [9.17, 15) is 14.4 Å². The van der Waals surface area contributed by atoms with Gasteiger partial charge in [-0.25, -0.2) is 14.3 Å². The molecule has 0 radical (unpaired) electrons. The molecule has 2 N–H and O–H groups in total. The highest BCUT2D eigenvalue weighted by Crippen LogP contribution is 2.27. The number of esters is 1. The van der Waals surface area contributed by atoms with Gasteiger partial charge in [0.2, 0.25) is 5.91 Å². The number of hydrogen-bond acceptors (Lipinski definition) is 5. The number of carbonyl (C=O) groups excluding carboxylic acids is 3. The summed E-state index contributed by atoms with van der Waals surface area (Å²) >= 11 is 0. The number of urea groups is 1. The van der Waals surface area contributed by atoms with Crippen molar-refractivity contribution in [2.75, 3.05) is 30.3 Å². The van der Waals surface area contributed by atoms with Crippen molar-refractivity contribution in [2.24, 2.45) is 5.92 Å². The predicted molar refractivity (Wildman–Crippen MR) is 158 cm³/mol. The maximum absolute atomic E-state index is 13.3. The number of hydrogen-bond donors (Lipinski definition) is 2. The smallest absolute Gasteiger partial charge is 0.338 e. The van der Waals surface area contributed by atoms with Crippen LogP contribution in [0.5, 0.6) is 0 Å². The Bertz CT molecular complexity index is 1320. The maximum Gasteiger partial charge on any atom is 0.338 e. The lowest BCUT2D eigenvalue weighted by atomic mass is 9.92. The molecule has 3 rings (SSSR count). The van der Waals surface area contributed by atoms with Gasteiger partial charge in [0.25, 0.3) is 0 Å². The van der Waals surface area contributed by atoms with E-state index in [-0.39, 0.29) is 24.5 Å². The van der Waals surface area contributed by atoms with Gasteiger partial charge in [0.15, 0.2) is 0 Å². The van der Waals surface area contributed by atoms with Gasteiger partial charge >= 0.3 is 12.0 Å². The minimum Gasteiger partial charge on any atom is -0.462 e. The molecule has 9 nitrogen and oxygen atoms in total. The van der Waals surface area contributed by atoms with Crippen LogP contribution in [0.4, 0.5) is 16.3 Å². The van der Waals surface area contributed by atoms with Crippen LogP contribution in [0.25, 0.3) is 5.69 Å². The van der Waals surface area contributed by atoms with Crippen LogP contribution in [0.2, 0.25) is 0 Å². The van der Waals surface area contributed by atoms with Crippen LogP contribution < -0.4 is 10.6 Å². The largest absolute Gasteiger partial charge is 0.462 e. The average molecular weight is 548 g/mol. The molecule has 3 aromatic rings. The van der Waals surface area contributed by atoms with Gasteiger partial charge in [-0.1, -0.05) is 52.8 Å². The number of nitrogens with one attached hydrogen (secondary N) is 2. The first kappa shape index (κ1) is 30.4. The predicted octanol–water partition coefficient (Wildman–Crippen LogP) is 6.17. The van der Waals surface area contributed by atoms with Crippen LogP contribution in [-0.2, 0) is 14.9 Å². The Labute approximate surface area is 236 Å². The van der Waals surface area contributed by atoms with Crippen molar-refractivity contribution < 1.29 is 19.1 Å². The Balaban J connectivity index is 1.79. The Morgan fingerprint density at radius 3 is 2.30 bits per heavy atom. The fraction of sp³-hybridized carbons (Fsp3) is 0.419. The van der Waals surface area contributed by atoms with Crippen molar-refractivity contribution in [3.05, 3.63) is 71.4 Å². The Hall–Kier alpha value is -4.14. The normalized spacial score (nSPS) is 11.3. The molecule has 1 heterocycles. The summed E-state index contributed by atoms with van der Waals surface area (Å²) < 4.78 is 6.76. The fourth-order valence-corrected chi connectivity index (χ4v) is 3.95. The topological polar surface area (TPSA) is 106 Å². The molecule has 40 heavy (non-hydrogen) atoms. The number of ether oxygens (including phenoxy) is 1. The first-order chi connectivity index (χ1) is 18.9. The molecule has 0 saturated carbocycles. The van der Waals surface area contributed by atoms with Crippen molar-refractivity contribution >= 4 is 29.4 Å². The molecule has 0 aliphatic rings. The van der Waals surface area contributed by atoms with Gasteiger partial charge in [-0.05, 0) is 62.1 Å². The first-order valence-electron chi connectivity index (χ1n) is 13.7. The van der Waals surface area contributed by atoms with Crippen LogP contribution in [-0.4, -0.2) is 52.3 Å². The monoisotopic (exact) mass is 547 g/mol. The summed E-state index contributed by atoms with van der Waals surface area (Å²) in [5.41, 5.74) is 3.42. The van der Waals surface area contributed by atoms with Crippen LogP contribution in [0.1, 0.15) is 69.6 Å². The third kappa shape index (κ3) is 8.18. The zero-order chi connectivity index (χ0) is 29.4. The van der Waals surface area contributed by atoms with E-state index in [2.05, 4.69) is 45.3 Å². The summed E-state index contributed by atoms with van der Waals surface area (Å²) in [6, 6.07) is 15.8. The number of nitrogens with zero attached hydrogens (tertiary/aromatic N) is 3. The standard InChI is InChI=1S/C31H41N5O4/c1-8-40-29(38)23-13-15-24(16-14-23)32-30(39)35(18-17-21(2)3)20-28(37)33-27-19-26(31(5,6)7)34-36(27)25-12-10-9-11-22(25)4/h9-16,19,21H,8,17-18,20H2,1-7H3,(H,32,39)(H,33,37). The summed E-state index contributed by atoms with van der Waals surface area (Å²) in [4.78, 5) is 40.0. The number of amides is 3. The second-order valence-electron chi connectivity index (χ2n) is 11.2. The van der Waals surface area contributed by atoms with E-state index >= 15 is 0 Å². The molecule has 9 heteroatoms. The highest BCUT2D eigenvalue weighted by Gasteiger charge is 2.24. The average Bonchev–Trinajstić information content (AvgIpc) is 3.31. The van der Waals surface area contributed by atoms with E-state index in [1.165, 1.54) is 4.90 Å². The van der Waals surface area contributed by atoms with Crippen LogP contribution in [0.15, 0.2) is 54.6 Å². The molecule has 3 amide bonds. The number of para-hydroxylation sites is 1. The zero-order valence-corrected chi connectivity index (χ0v) is 24.6. The number of aryl methyl sites for hydroxylation is 1. The highest BCUT2D eigenvalue weighted by atomic mass is 16.5. The number of anilines is 2. The first-order valence-corrected chi connectivity index (χ1v) is 13.7. The molecule has 0 fully saturated rings. The molecule has 0 atom stereocenters. The molecule has 2 aromatic carbocycles. The summed E-state index contributed by atoms with van der Waals surface area (Å²) in [6.45, 7) is 14.6. The molecule has 0 aliphatic carbocycles. The Morgan fingerprint density at radius 1 is 1.02 bits per heavy atom. The van der Waals surface area contributed by atoms with Gasteiger partial charge in [-0.2, -0.15) is 5.10 Å². The summed E-state index contributed by atoms with van der Waals surface area (Å²) in [5, 5.41) is 10.6. The van der Waals surface area contributed by atoms with E-state index in [0.717, 1.165) is 23.4 Å². The van der Waals surface area contributed by atoms with Gasteiger partial charge < -0.3 is 20.3 Å². The molecule has 0 spiro atoms. The van der Waals surface area contributed by atoms with Crippen LogP contribution in [0.3, 0.4) is 0 Å². The van der Waals surface area contributed by atoms with Gasteiger partial charge in [-0.3, -0.25) is 4.79 Å². The second-order valence-corrected chi connectivity index (χ2v) is 11.2. The summed E-state index contributed by atoms with van der Waals surface area (Å²) in [5.74, 6) is 0.143. The van der Waals surface area contributed by atoms with Crippen LogP contribution >= 0.6 is 0 Å². The van der Waals surface area contributed by atoms with Gasteiger partial charge in [-0.15, -0.1) is 0 Å². The molecule has 0 bridgehead atoms. The van der Waals surface area contributed by atoms with Crippen molar-refractivity contribution in [3.63, 3.8) is 0 Å². The van der Waals surface area contributed by atoms with E-state index in [0.29, 0.717) is 29.5 Å². The van der Waals surface area contributed by atoms with E-state index in [1.807, 2.05) is 37.3 Å². The Morgan fingerprint density at radius 2 is 1.70 bits per heavy atom. The van der Waals surface area contributed by atoms with Crippen molar-refractivity contribution in [1.82, 2.24) is 14.7 Å². The van der Waals surface area contributed by atoms with Crippen molar-refractivity contribution in [2.45, 2.75) is 60.3 Å². The lowest BCUT2D eigenvalue weighted by Gasteiger charge is -2.23. The third-order valence-corrected chi connectivity index (χ3v) is 6.33. The third-order valence-electron chi connectivity index (χ3n) is 6.33. The maximum atomic E-state index is 13.3. The van der Waals surface area contributed by atoms with Gasteiger partial charge in [0.1, 0.15) is 12.4 Å². The van der Waals surface area contributed by atoms with E-state index in [4.69, 9.17) is 9.84 Å². The minimum atomic E-state index is -0.421. The second kappa shape index (κ2) is 13.3. The Kier molecular flexibility index (Phi) is 10.1. The van der Waals surface area contributed by atoms with E-state index in [1.54, 1.807) is 35.9 Å². The summed E-state index contributed by atoms with van der Waals surface area (Å²) in [7, 11) is 0. The fourth-order valence-electron chi connectivity index (χ4n) is 3.95. The molecule has 0 saturated heterocycles. The van der Waals surface area contributed by atoms with Crippen LogP contribution in [0, 0.1) is 12.8 Å². The molecule has 0 aliphatic heterocycles. The number of aromatic nitrogens is 2. The number of rotatable bonds is 10. The van der Waals surface area contributed by atoms with E-state index < -0.39 is 12.0 Å². The molecule has 214 valence electrons. The van der Waals surface area contributed by atoms with Crippen molar-refractivity contribution in [3.8, 4) is 5.69 Å². The number of carbonyl (C=O) groups is 3. The molecule has 1 aromatic heterocycles. The van der Waals surface area contributed by atoms with Crippen molar-refractivity contribution in [1.29, 1.82) is 0 Å². The zero-order valence-electron chi connectivity index (χ0n) is 24.6. The lowest BCUT2D eigenvalue weighted by Crippen LogP contribution is -2.41. The quantitative estimate of drug-likeness (QED) is 0.295. The SMILES string of the molecule is CCOC(=O)c1ccc(NC(=O)N(CCC(C)C)CC(=O)Nc2cc(C(C)(C)C)nn2-c2ccccc2C)cc1. The lowest BCUT2D eigenvalue weighted by molar-refractivity contribution is -0.116. The minimum absolute atomic E-state index is 0.136. The van der Waals surface area contributed by atoms with Gasteiger partial charge in [0, 0.05) is 23.7 Å². The molecular formula is C31H41N5O4. The number of benzene rings is 2. The molecular weight excluding hydrogens is 506 g/mol.